The van der Waals surface area contributed by atoms with Crippen LogP contribution in [-0.4, -0.2) is 20.9 Å². The summed E-state index contributed by atoms with van der Waals surface area (Å²) in [6, 6.07) is 0. The zero-order chi connectivity index (χ0) is 13.8. The molecule has 2 heterocycles. The maximum atomic E-state index is 12.0. The molecule has 19 heavy (non-hydrogen) atoms. The Hall–Kier alpha value is -1.53. The van der Waals surface area contributed by atoms with Crippen LogP contribution in [0.5, 0.6) is 0 Å². The zero-order valence-electron chi connectivity index (χ0n) is 10.6. The van der Waals surface area contributed by atoms with Crippen LogP contribution in [0.1, 0.15) is 41.1 Å². The van der Waals surface area contributed by atoms with Gasteiger partial charge < -0.3 is 5.32 Å². The summed E-state index contributed by atoms with van der Waals surface area (Å²) < 4.78 is 0. The number of rotatable bonds is 4. The van der Waals surface area contributed by atoms with Gasteiger partial charge in [-0.1, -0.05) is 25.4 Å². The van der Waals surface area contributed by atoms with Crippen LogP contribution in [0, 0.1) is 0 Å². The van der Waals surface area contributed by atoms with Crippen molar-refractivity contribution in [1.29, 1.82) is 0 Å². The number of hydrogen-bond donors (Lipinski definition) is 1. The number of thiazole rings is 1. The average Bonchev–Trinajstić information content (AvgIpc) is 2.89. The molecule has 100 valence electrons. The van der Waals surface area contributed by atoms with Crippen molar-refractivity contribution in [3.8, 4) is 0 Å². The van der Waals surface area contributed by atoms with Gasteiger partial charge in [-0.25, -0.2) is 15.0 Å². The van der Waals surface area contributed by atoms with E-state index in [1.54, 1.807) is 6.20 Å². The Morgan fingerprint density at radius 2 is 2.26 bits per heavy atom. The molecule has 0 aliphatic carbocycles. The highest BCUT2D eigenvalue weighted by molar-refractivity contribution is 7.09. The van der Waals surface area contributed by atoms with Crippen LogP contribution < -0.4 is 5.32 Å². The molecule has 0 fully saturated rings. The lowest BCUT2D eigenvalue weighted by molar-refractivity contribution is 0.0945. The fourth-order valence-corrected chi connectivity index (χ4v) is 2.13. The molecular weight excluding hydrogens is 284 g/mol. The maximum absolute atomic E-state index is 12.0. The monoisotopic (exact) mass is 296 g/mol. The van der Waals surface area contributed by atoms with E-state index >= 15 is 0 Å². The smallest absolute Gasteiger partial charge is 0.271 e. The van der Waals surface area contributed by atoms with E-state index in [-0.39, 0.29) is 22.5 Å². The predicted molar refractivity (Wildman–Crippen MR) is 74.4 cm³/mol. The van der Waals surface area contributed by atoms with Gasteiger partial charge in [0.05, 0.1) is 17.8 Å². The minimum absolute atomic E-state index is 0.141. The highest BCUT2D eigenvalue weighted by atomic mass is 35.5. The number of nitrogens with one attached hydrogen (secondary N) is 1. The molecule has 0 aliphatic heterocycles. The standard InChI is InChI=1S/C12H13ClN4OS/c1-7(2)11-15-5-8(13)10(17-11)12(18)16-6-9-14-3-4-19-9/h3-5,7H,6H2,1-2H3,(H,16,18). The van der Waals surface area contributed by atoms with Crippen molar-refractivity contribution >= 4 is 28.8 Å². The molecule has 1 amide bonds. The molecule has 5 nitrogen and oxygen atoms in total. The van der Waals surface area contributed by atoms with Crippen molar-refractivity contribution in [2.24, 2.45) is 0 Å². The van der Waals surface area contributed by atoms with Crippen molar-refractivity contribution < 1.29 is 4.79 Å². The Balaban J connectivity index is 2.11. The topological polar surface area (TPSA) is 67.8 Å². The number of carbonyl (C=O) groups excluding carboxylic acids is 1. The summed E-state index contributed by atoms with van der Waals surface area (Å²) in [7, 11) is 0. The quantitative estimate of drug-likeness (QED) is 0.942. The summed E-state index contributed by atoms with van der Waals surface area (Å²) >= 11 is 7.44. The summed E-state index contributed by atoms with van der Waals surface area (Å²) in [5.41, 5.74) is 0.205. The first-order valence-corrected chi connectivity index (χ1v) is 7.02. The van der Waals surface area contributed by atoms with Gasteiger partial charge in [-0.05, 0) is 0 Å². The molecule has 0 atom stereocenters. The second-order valence-electron chi connectivity index (χ2n) is 4.19. The summed E-state index contributed by atoms with van der Waals surface area (Å²) in [6.07, 6.45) is 3.16. The molecule has 1 N–H and O–H groups in total. The van der Waals surface area contributed by atoms with E-state index in [1.165, 1.54) is 17.5 Å². The lowest BCUT2D eigenvalue weighted by Gasteiger charge is -2.08. The lowest BCUT2D eigenvalue weighted by atomic mass is 10.2. The minimum Gasteiger partial charge on any atom is -0.344 e. The molecule has 0 spiro atoms. The first-order valence-electron chi connectivity index (χ1n) is 5.77. The molecule has 0 radical (unpaired) electrons. The van der Waals surface area contributed by atoms with Crippen LogP contribution in [0.4, 0.5) is 0 Å². The highest BCUT2D eigenvalue weighted by Gasteiger charge is 2.15. The zero-order valence-corrected chi connectivity index (χ0v) is 12.1. The molecule has 0 saturated carbocycles. The molecule has 2 rings (SSSR count). The SMILES string of the molecule is CC(C)c1ncc(Cl)c(C(=O)NCc2nccs2)n1. The van der Waals surface area contributed by atoms with Gasteiger partial charge in [0.1, 0.15) is 16.5 Å². The van der Waals surface area contributed by atoms with Crippen LogP contribution in [0.2, 0.25) is 5.02 Å². The molecule has 0 aromatic carbocycles. The summed E-state index contributed by atoms with van der Waals surface area (Å²) in [5, 5.41) is 5.69. The second kappa shape index (κ2) is 6.08. The third kappa shape index (κ3) is 3.48. The van der Waals surface area contributed by atoms with E-state index in [2.05, 4.69) is 20.3 Å². The number of amides is 1. The molecular formula is C12H13ClN4OS. The van der Waals surface area contributed by atoms with Gasteiger partial charge >= 0.3 is 0 Å². The van der Waals surface area contributed by atoms with E-state index in [9.17, 15) is 4.79 Å². The van der Waals surface area contributed by atoms with Crippen LogP contribution in [0.3, 0.4) is 0 Å². The van der Waals surface area contributed by atoms with Crippen molar-refractivity contribution in [2.45, 2.75) is 26.3 Å². The molecule has 0 saturated heterocycles. The Labute approximate surface area is 120 Å². The van der Waals surface area contributed by atoms with E-state index in [4.69, 9.17) is 11.6 Å². The van der Waals surface area contributed by atoms with Crippen molar-refractivity contribution in [3.05, 3.63) is 39.3 Å². The van der Waals surface area contributed by atoms with Gasteiger partial charge in [0.2, 0.25) is 0 Å². The summed E-state index contributed by atoms with van der Waals surface area (Å²) in [4.78, 5) is 24.4. The van der Waals surface area contributed by atoms with Crippen LogP contribution in [0.25, 0.3) is 0 Å². The van der Waals surface area contributed by atoms with Gasteiger partial charge in [0.25, 0.3) is 5.91 Å². The number of hydrogen-bond acceptors (Lipinski definition) is 5. The largest absolute Gasteiger partial charge is 0.344 e. The third-order valence-electron chi connectivity index (χ3n) is 2.38. The van der Waals surface area contributed by atoms with Gasteiger partial charge in [0, 0.05) is 17.5 Å². The normalized spacial score (nSPS) is 10.7. The van der Waals surface area contributed by atoms with Gasteiger partial charge in [-0.3, -0.25) is 4.79 Å². The Morgan fingerprint density at radius 3 is 2.89 bits per heavy atom. The van der Waals surface area contributed by atoms with E-state index in [0.29, 0.717) is 12.4 Å². The van der Waals surface area contributed by atoms with Gasteiger partial charge in [-0.2, -0.15) is 0 Å². The minimum atomic E-state index is -0.315. The number of carbonyl (C=O) groups is 1. The van der Waals surface area contributed by atoms with Crippen LogP contribution >= 0.6 is 22.9 Å². The second-order valence-corrected chi connectivity index (χ2v) is 5.57. The number of nitrogens with zero attached hydrogens (tertiary/aromatic N) is 3. The fraction of sp³-hybridized carbons (Fsp3) is 0.333. The van der Waals surface area contributed by atoms with Crippen LogP contribution in [-0.2, 0) is 6.54 Å². The molecule has 0 bridgehead atoms. The van der Waals surface area contributed by atoms with E-state index < -0.39 is 0 Å². The molecule has 2 aromatic rings. The number of aromatic nitrogens is 3. The first-order chi connectivity index (χ1) is 9.08. The van der Waals surface area contributed by atoms with E-state index in [1.807, 2.05) is 19.2 Å². The summed E-state index contributed by atoms with van der Waals surface area (Å²) in [5.74, 6) is 0.427. The molecule has 2 aromatic heterocycles. The third-order valence-corrected chi connectivity index (χ3v) is 3.43. The lowest BCUT2D eigenvalue weighted by Crippen LogP contribution is -2.24. The van der Waals surface area contributed by atoms with Gasteiger partial charge in [0.15, 0.2) is 0 Å². The Morgan fingerprint density at radius 1 is 1.47 bits per heavy atom. The average molecular weight is 297 g/mol. The highest BCUT2D eigenvalue weighted by Crippen LogP contribution is 2.16. The van der Waals surface area contributed by atoms with Crippen molar-refractivity contribution in [2.75, 3.05) is 0 Å². The first kappa shape index (κ1) is 13.9. The summed E-state index contributed by atoms with van der Waals surface area (Å²) in [6.45, 7) is 4.29. The molecule has 0 aliphatic rings. The predicted octanol–water partition coefficient (Wildman–Crippen LogP) is 2.64. The fourth-order valence-electron chi connectivity index (χ4n) is 1.40. The van der Waals surface area contributed by atoms with E-state index in [0.717, 1.165) is 5.01 Å². The number of halogens is 1. The molecule has 7 heteroatoms. The van der Waals surface area contributed by atoms with Crippen LogP contribution in [0.15, 0.2) is 17.8 Å². The van der Waals surface area contributed by atoms with Crippen molar-refractivity contribution in [1.82, 2.24) is 20.3 Å². The van der Waals surface area contributed by atoms with Gasteiger partial charge in [-0.15, -0.1) is 11.3 Å². The maximum Gasteiger partial charge on any atom is 0.271 e. The van der Waals surface area contributed by atoms with Crippen molar-refractivity contribution in [3.63, 3.8) is 0 Å². The Bertz CT molecular complexity index is 571. The molecule has 0 unspecified atom stereocenters. The Kier molecular flexibility index (Phi) is 4.44.